The van der Waals surface area contributed by atoms with E-state index in [1.54, 1.807) is 11.8 Å². The average molecular weight is 583 g/mol. The number of hydrogen-bond donors (Lipinski definition) is 3. The zero-order valence-electron chi connectivity index (χ0n) is 25.4. The first-order chi connectivity index (χ1) is 19.8. The number of carboxylic acids is 1. The largest absolute Gasteiger partial charge is 0.480 e. The molecule has 1 saturated carbocycles. The van der Waals surface area contributed by atoms with E-state index in [1.807, 2.05) is 49.6 Å². The maximum absolute atomic E-state index is 13.4. The molecule has 2 aromatic rings. The van der Waals surface area contributed by atoms with Crippen LogP contribution in [-0.4, -0.2) is 54.3 Å². The lowest BCUT2D eigenvalue weighted by Gasteiger charge is -2.27. The summed E-state index contributed by atoms with van der Waals surface area (Å²) in [5, 5.41) is 16.2. The van der Waals surface area contributed by atoms with Gasteiger partial charge in [-0.1, -0.05) is 76.3 Å². The molecule has 0 bridgehead atoms. The van der Waals surface area contributed by atoms with Gasteiger partial charge in [0.25, 0.3) is 5.91 Å². The van der Waals surface area contributed by atoms with Crippen LogP contribution in [-0.2, 0) is 16.1 Å². The second-order valence-electron chi connectivity index (χ2n) is 11.9. The Bertz CT molecular complexity index is 1100. The van der Waals surface area contributed by atoms with Crippen LogP contribution in [0.1, 0.15) is 86.7 Å². The van der Waals surface area contributed by atoms with Crippen LogP contribution in [0.5, 0.6) is 0 Å². The molecule has 1 fully saturated rings. The van der Waals surface area contributed by atoms with Gasteiger partial charge >= 0.3 is 5.97 Å². The summed E-state index contributed by atoms with van der Waals surface area (Å²) in [5.41, 5.74) is 4.46. The van der Waals surface area contributed by atoms with Crippen molar-refractivity contribution in [3.8, 4) is 11.1 Å². The summed E-state index contributed by atoms with van der Waals surface area (Å²) in [4.78, 5) is 25.2. The molecule has 1 aliphatic rings. The van der Waals surface area contributed by atoms with Crippen LogP contribution in [0.2, 0.25) is 0 Å². The van der Waals surface area contributed by atoms with Gasteiger partial charge in [0.05, 0.1) is 6.61 Å². The van der Waals surface area contributed by atoms with Crippen molar-refractivity contribution in [3.63, 3.8) is 0 Å². The van der Waals surface area contributed by atoms with E-state index in [-0.39, 0.29) is 11.9 Å². The van der Waals surface area contributed by atoms with Gasteiger partial charge in [-0.05, 0) is 84.4 Å². The normalized spacial score (nSPS) is 15.5. The lowest BCUT2D eigenvalue weighted by molar-refractivity contribution is -0.139. The van der Waals surface area contributed by atoms with Gasteiger partial charge in [0, 0.05) is 24.8 Å². The SMILES string of the molecule is CSCC[C@H](NC(=O)c1ccc(CN[C@@H](COCCC(C)C)CC2CCCCC2)cc1-c1ccccc1C)C(=O)O. The molecule has 0 spiro atoms. The Hall–Kier alpha value is -2.35. The predicted molar refractivity (Wildman–Crippen MR) is 171 cm³/mol. The molecule has 0 unspecified atom stereocenters. The Labute approximate surface area is 251 Å². The summed E-state index contributed by atoms with van der Waals surface area (Å²) < 4.78 is 6.12. The molecule has 6 nitrogen and oxygen atoms in total. The highest BCUT2D eigenvalue weighted by Gasteiger charge is 2.23. The summed E-state index contributed by atoms with van der Waals surface area (Å²) in [6.45, 7) is 8.66. The standard InChI is InChI=1S/C34H50N2O4S/c1-24(2)16-18-40-23-28(20-26-11-6-5-7-12-26)35-22-27-14-15-30(31(21-27)29-13-9-8-10-25(29)3)33(37)36-32(34(38)39)17-19-41-4/h8-10,13-15,21,24,26,28,32,35H,5-7,11-12,16-20,22-23H2,1-4H3,(H,36,37)(H,38,39)/t28-,32+/m1/s1. The number of hydrogen-bond acceptors (Lipinski definition) is 5. The van der Waals surface area contributed by atoms with Crippen molar-refractivity contribution in [3.05, 3.63) is 59.2 Å². The number of thioether (sulfide) groups is 1. The molecular weight excluding hydrogens is 532 g/mol. The molecule has 1 amide bonds. The first-order valence-electron chi connectivity index (χ1n) is 15.3. The predicted octanol–water partition coefficient (Wildman–Crippen LogP) is 7.09. The molecule has 3 N–H and O–H groups in total. The second-order valence-corrected chi connectivity index (χ2v) is 12.9. The summed E-state index contributed by atoms with van der Waals surface area (Å²) in [6.07, 6.45) is 11.1. The minimum absolute atomic E-state index is 0.280. The third-order valence-corrected chi connectivity index (χ3v) is 8.72. The molecule has 226 valence electrons. The van der Waals surface area contributed by atoms with Crippen LogP contribution in [0.15, 0.2) is 42.5 Å². The van der Waals surface area contributed by atoms with Gasteiger partial charge in [-0.3, -0.25) is 4.79 Å². The smallest absolute Gasteiger partial charge is 0.326 e. The molecule has 0 heterocycles. The molecule has 0 aromatic heterocycles. The van der Waals surface area contributed by atoms with E-state index in [0.717, 1.165) is 47.6 Å². The van der Waals surface area contributed by atoms with Crippen LogP contribution in [0.4, 0.5) is 0 Å². The van der Waals surface area contributed by atoms with Crippen molar-refractivity contribution in [2.24, 2.45) is 11.8 Å². The van der Waals surface area contributed by atoms with Crippen LogP contribution >= 0.6 is 11.8 Å². The zero-order valence-corrected chi connectivity index (χ0v) is 26.2. The van der Waals surface area contributed by atoms with Gasteiger partial charge < -0.3 is 20.5 Å². The van der Waals surface area contributed by atoms with E-state index < -0.39 is 12.0 Å². The molecule has 0 radical (unpaired) electrons. The summed E-state index contributed by atoms with van der Waals surface area (Å²) in [7, 11) is 0. The highest BCUT2D eigenvalue weighted by Crippen LogP contribution is 2.30. The number of aliphatic carboxylic acids is 1. The molecule has 3 rings (SSSR count). The van der Waals surface area contributed by atoms with Gasteiger partial charge in [-0.25, -0.2) is 4.79 Å². The number of ether oxygens (including phenoxy) is 1. The van der Waals surface area contributed by atoms with Crippen molar-refractivity contribution in [2.45, 2.75) is 90.8 Å². The van der Waals surface area contributed by atoms with Crippen molar-refractivity contribution in [1.29, 1.82) is 0 Å². The van der Waals surface area contributed by atoms with Gasteiger partial charge in [-0.15, -0.1) is 0 Å². The fourth-order valence-electron chi connectivity index (χ4n) is 5.57. The van der Waals surface area contributed by atoms with Crippen molar-refractivity contribution < 1.29 is 19.4 Å². The van der Waals surface area contributed by atoms with Crippen LogP contribution in [0.25, 0.3) is 11.1 Å². The number of benzene rings is 2. The monoisotopic (exact) mass is 582 g/mol. The van der Waals surface area contributed by atoms with Gasteiger partial charge in [0.2, 0.25) is 0 Å². The number of carbonyl (C=O) groups excluding carboxylic acids is 1. The first kappa shape index (κ1) is 33.2. The van der Waals surface area contributed by atoms with E-state index in [1.165, 1.54) is 32.1 Å². The summed E-state index contributed by atoms with van der Waals surface area (Å²) in [5.74, 6) is 0.675. The van der Waals surface area contributed by atoms with Crippen molar-refractivity contribution in [1.82, 2.24) is 10.6 Å². The van der Waals surface area contributed by atoms with E-state index in [2.05, 4.69) is 30.5 Å². The summed E-state index contributed by atoms with van der Waals surface area (Å²) >= 11 is 1.57. The molecule has 1 aliphatic carbocycles. The quantitative estimate of drug-likeness (QED) is 0.173. The highest BCUT2D eigenvalue weighted by molar-refractivity contribution is 7.98. The second kappa shape index (κ2) is 17.6. The molecular formula is C34H50N2O4S. The van der Waals surface area contributed by atoms with Crippen LogP contribution < -0.4 is 10.6 Å². The van der Waals surface area contributed by atoms with Crippen molar-refractivity contribution in [2.75, 3.05) is 25.2 Å². The van der Waals surface area contributed by atoms with E-state index in [9.17, 15) is 14.7 Å². The minimum Gasteiger partial charge on any atom is -0.480 e. The minimum atomic E-state index is -1.01. The number of carbonyl (C=O) groups is 2. The van der Waals surface area contributed by atoms with Gasteiger partial charge in [0.15, 0.2) is 0 Å². The lowest BCUT2D eigenvalue weighted by Crippen LogP contribution is -2.41. The number of amides is 1. The Kier molecular flexibility index (Phi) is 14.2. The third-order valence-electron chi connectivity index (χ3n) is 8.07. The van der Waals surface area contributed by atoms with E-state index in [0.29, 0.717) is 36.8 Å². The number of carboxylic acid groups (broad SMARTS) is 1. The topological polar surface area (TPSA) is 87.7 Å². The lowest BCUT2D eigenvalue weighted by atomic mass is 9.85. The van der Waals surface area contributed by atoms with Crippen LogP contribution in [0, 0.1) is 18.8 Å². The Morgan fingerprint density at radius 2 is 1.80 bits per heavy atom. The maximum atomic E-state index is 13.4. The van der Waals surface area contributed by atoms with Gasteiger partial charge in [0.1, 0.15) is 6.04 Å². The first-order valence-corrected chi connectivity index (χ1v) is 16.7. The van der Waals surface area contributed by atoms with Crippen LogP contribution in [0.3, 0.4) is 0 Å². The number of nitrogens with one attached hydrogen (secondary N) is 2. The molecule has 2 aromatic carbocycles. The third kappa shape index (κ3) is 11.1. The zero-order chi connectivity index (χ0) is 29.6. The molecule has 41 heavy (non-hydrogen) atoms. The fourth-order valence-corrected chi connectivity index (χ4v) is 6.04. The molecule has 2 atom stereocenters. The molecule has 0 aliphatic heterocycles. The van der Waals surface area contributed by atoms with E-state index in [4.69, 9.17) is 4.74 Å². The van der Waals surface area contributed by atoms with Crippen molar-refractivity contribution >= 4 is 23.6 Å². The Morgan fingerprint density at radius 3 is 2.49 bits per heavy atom. The highest BCUT2D eigenvalue weighted by atomic mass is 32.2. The Balaban J connectivity index is 1.79. The number of aryl methyl sites for hydroxylation is 1. The summed E-state index contributed by atoms with van der Waals surface area (Å²) in [6, 6.07) is 13.3. The Morgan fingerprint density at radius 1 is 1.05 bits per heavy atom. The molecule has 7 heteroatoms. The fraction of sp³-hybridized carbons (Fsp3) is 0.588. The maximum Gasteiger partial charge on any atom is 0.326 e. The van der Waals surface area contributed by atoms with Gasteiger partial charge in [-0.2, -0.15) is 11.8 Å². The van der Waals surface area contributed by atoms with E-state index >= 15 is 0 Å². The number of rotatable bonds is 17. The molecule has 0 saturated heterocycles. The average Bonchev–Trinajstić information content (AvgIpc) is 2.96.